The Labute approximate surface area is 158 Å². The molecular formula is C20H23N3O2S. The Morgan fingerprint density at radius 1 is 1.19 bits per heavy atom. The fourth-order valence-electron chi connectivity index (χ4n) is 2.85. The largest absolute Gasteiger partial charge is 0.348 e. The molecule has 136 valence electrons. The number of nitrogens with zero attached hydrogens (tertiary/aromatic N) is 1. The van der Waals surface area contributed by atoms with Crippen LogP contribution in [0.15, 0.2) is 47.4 Å². The zero-order chi connectivity index (χ0) is 18.7. The summed E-state index contributed by atoms with van der Waals surface area (Å²) in [5.41, 5.74) is 3.55. The number of benzene rings is 2. The molecule has 1 aliphatic heterocycles. The van der Waals surface area contributed by atoms with Crippen molar-refractivity contribution >= 4 is 29.3 Å². The molecule has 1 aliphatic rings. The number of amides is 2. The van der Waals surface area contributed by atoms with Gasteiger partial charge in [-0.3, -0.25) is 9.59 Å². The topological polar surface area (TPSA) is 61.4 Å². The Balaban J connectivity index is 1.70. The van der Waals surface area contributed by atoms with Crippen LogP contribution in [0, 0.1) is 0 Å². The summed E-state index contributed by atoms with van der Waals surface area (Å²) in [6, 6.07) is 13.5. The summed E-state index contributed by atoms with van der Waals surface area (Å²) in [4.78, 5) is 27.5. The highest BCUT2D eigenvalue weighted by atomic mass is 32.2. The third-order valence-corrected chi connectivity index (χ3v) is 5.39. The quantitative estimate of drug-likeness (QED) is 0.850. The second-order valence-electron chi connectivity index (χ2n) is 6.65. The molecule has 2 aromatic rings. The van der Waals surface area contributed by atoms with Crippen LogP contribution in [0.2, 0.25) is 0 Å². The Bertz CT molecular complexity index is 836. The molecule has 0 saturated carbocycles. The van der Waals surface area contributed by atoms with E-state index >= 15 is 0 Å². The van der Waals surface area contributed by atoms with Gasteiger partial charge in [0.1, 0.15) is 0 Å². The van der Waals surface area contributed by atoms with E-state index in [4.69, 9.17) is 0 Å². The van der Waals surface area contributed by atoms with E-state index in [9.17, 15) is 9.59 Å². The summed E-state index contributed by atoms with van der Waals surface area (Å²) in [5, 5.41) is 5.73. The molecule has 0 aliphatic carbocycles. The van der Waals surface area contributed by atoms with Crippen molar-refractivity contribution in [2.45, 2.75) is 30.2 Å². The molecule has 2 amide bonds. The normalized spacial score (nSPS) is 16.2. The first-order valence-corrected chi connectivity index (χ1v) is 9.43. The fourth-order valence-corrected chi connectivity index (χ4v) is 3.78. The molecule has 0 fully saturated rings. The lowest BCUT2D eigenvalue weighted by Gasteiger charge is -2.21. The van der Waals surface area contributed by atoms with E-state index in [1.54, 1.807) is 12.1 Å². The molecule has 0 saturated heterocycles. The van der Waals surface area contributed by atoms with Crippen molar-refractivity contribution in [3.05, 3.63) is 59.2 Å². The second kappa shape index (κ2) is 7.93. The number of hydrogen-bond acceptors (Lipinski definition) is 4. The predicted molar refractivity (Wildman–Crippen MR) is 105 cm³/mol. The van der Waals surface area contributed by atoms with Crippen LogP contribution in [0.3, 0.4) is 0 Å². The Hall–Kier alpha value is -2.31. The second-order valence-corrected chi connectivity index (χ2v) is 8.03. The Morgan fingerprint density at radius 3 is 2.65 bits per heavy atom. The van der Waals surface area contributed by atoms with E-state index in [1.807, 2.05) is 45.3 Å². The van der Waals surface area contributed by atoms with Gasteiger partial charge in [-0.2, -0.15) is 0 Å². The molecule has 1 atom stereocenters. The number of nitrogens with one attached hydrogen (secondary N) is 2. The standard InChI is InChI=1S/C20H23N3O2S/c1-13-19(24)22-17-10-14(8-9-18(17)26-13)20(25)21-11-15-6-4-5-7-16(15)12-23(2)3/h4-10,13H,11-12H2,1-3H3,(H,21,25)(H,22,24)/t13-/m1/s1. The van der Waals surface area contributed by atoms with E-state index in [0.717, 1.165) is 17.0 Å². The lowest BCUT2D eigenvalue weighted by atomic mass is 10.1. The zero-order valence-electron chi connectivity index (χ0n) is 15.2. The molecule has 2 aromatic carbocycles. The smallest absolute Gasteiger partial charge is 0.251 e. The van der Waals surface area contributed by atoms with Crippen molar-refractivity contribution in [2.75, 3.05) is 19.4 Å². The number of carbonyl (C=O) groups excluding carboxylic acids is 2. The Kier molecular flexibility index (Phi) is 5.64. The van der Waals surface area contributed by atoms with E-state index in [0.29, 0.717) is 17.8 Å². The van der Waals surface area contributed by atoms with Gasteiger partial charge in [-0.05, 0) is 50.3 Å². The van der Waals surface area contributed by atoms with Gasteiger partial charge < -0.3 is 15.5 Å². The predicted octanol–water partition coefficient (Wildman–Crippen LogP) is 3.11. The minimum Gasteiger partial charge on any atom is -0.348 e. The fraction of sp³-hybridized carbons (Fsp3) is 0.300. The van der Waals surface area contributed by atoms with Crippen LogP contribution in [-0.2, 0) is 17.9 Å². The number of carbonyl (C=O) groups is 2. The molecule has 1 heterocycles. The summed E-state index contributed by atoms with van der Waals surface area (Å²) in [5.74, 6) is -0.178. The molecule has 0 aromatic heterocycles. The number of rotatable bonds is 5. The molecule has 0 unspecified atom stereocenters. The van der Waals surface area contributed by atoms with Crippen molar-refractivity contribution in [3.63, 3.8) is 0 Å². The van der Waals surface area contributed by atoms with Gasteiger partial charge in [0.2, 0.25) is 5.91 Å². The number of anilines is 1. The van der Waals surface area contributed by atoms with Gasteiger partial charge in [0.25, 0.3) is 5.91 Å². The van der Waals surface area contributed by atoms with Gasteiger partial charge >= 0.3 is 0 Å². The van der Waals surface area contributed by atoms with Crippen molar-refractivity contribution in [3.8, 4) is 0 Å². The van der Waals surface area contributed by atoms with E-state index in [1.165, 1.54) is 17.3 Å². The van der Waals surface area contributed by atoms with Crippen LogP contribution in [0.25, 0.3) is 0 Å². The average Bonchev–Trinajstić information content (AvgIpc) is 2.61. The molecular weight excluding hydrogens is 346 g/mol. The van der Waals surface area contributed by atoms with Gasteiger partial charge in [0, 0.05) is 23.5 Å². The lowest BCUT2D eigenvalue weighted by Crippen LogP contribution is -2.27. The monoisotopic (exact) mass is 369 g/mol. The van der Waals surface area contributed by atoms with Gasteiger partial charge in [-0.25, -0.2) is 0 Å². The van der Waals surface area contributed by atoms with Crippen LogP contribution in [0.5, 0.6) is 0 Å². The van der Waals surface area contributed by atoms with Crippen molar-refractivity contribution in [1.82, 2.24) is 10.2 Å². The first-order chi connectivity index (χ1) is 12.4. The third kappa shape index (κ3) is 4.26. The first kappa shape index (κ1) is 18.5. The minimum absolute atomic E-state index is 0.0299. The van der Waals surface area contributed by atoms with Crippen molar-refractivity contribution < 1.29 is 9.59 Å². The van der Waals surface area contributed by atoms with Crippen LogP contribution in [0.1, 0.15) is 28.4 Å². The van der Waals surface area contributed by atoms with Crippen LogP contribution >= 0.6 is 11.8 Å². The summed E-state index contributed by atoms with van der Waals surface area (Å²) in [6.45, 7) is 3.17. The van der Waals surface area contributed by atoms with Crippen LogP contribution < -0.4 is 10.6 Å². The molecule has 26 heavy (non-hydrogen) atoms. The van der Waals surface area contributed by atoms with Crippen LogP contribution in [0.4, 0.5) is 5.69 Å². The summed E-state index contributed by atoms with van der Waals surface area (Å²) in [7, 11) is 4.05. The number of fused-ring (bicyclic) bond motifs is 1. The molecule has 2 N–H and O–H groups in total. The molecule has 3 rings (SSSR count). The molecule has 5 nitrogen and oxygen atoms in total. The van der Waals surface area contributed by atoms with E-state index < -0.39 is 0 Å². The molecule has 0 radical (unpaired) electrons. The van der Waals surface area contributed by atoms with Gasteiger partial charge in [-0.1, -0.05) is 24.3 Å². The van der Waals surface area contributed by atoms with Crippen molar-refractivity contribution in [2.24, 2.45) is 0 Å². The van der Waals surface area contributed by atoms with E-state index in [2.05, 4.69) is 21.6 Å². The highest BCUT2D eigenvalue weighted by Crippen LogP contribution is 2.35. The zero-order valence-corrected chi connectivity index (χ0v) is 16.0. The summed E-state index contributed by atoms with van der Waals surface area (Å²) in [6.07, 6.45) is 0. The highest BCUT2D eigenvalue weighted by Gasteiger charge is 2.23. The summed E-state index contributed by atoms with van der Waals surface area (Å²) >= 11 is 1.51. The highest BCUT2D eigenvalue weighted by molar-refractivity contribution is 8.00. The van der Waals surface area contributed by atoms with E-state index in [-0.39, 0.29) is 17.1 Å². The minimum atomic E-state index is -0.148. The number of thioether (sulfide) groups is 1. The van der Waals surface area contributed by atoms with Gasteiger partial charge in [0.15, 0.2) is 0 Å². The number of hydrogen-bond donors (Lipinski definition) is 2. The summed E-state index contributed by atoms with van der Waals surface area (Å²) < 4.78 is 0. The third-order valence-electron chi connectivity index (χ3n) is 4.22. The maximum absolute atomic E-state index is 12.5. The van der Waals surface area contributed by atoms with Gasteiger partial charge in [0.05, 0.1) is 10.9 Å². The van der Waals surface area contributed by atoms with Gasteiger partial charge in [-0.15, -0.1) is 11.8 Å². The maximum atomic E-state index is 12.5. The van der Waals surface area contributed by atoms with Crippen LogP contribution in [-0.4, -0.2) is 36.1 Å². The maximum Gasteiger partial charge on any atom is 0.251 e. The molecule has 0 bridgehead atoms. The first-order valence-electron chi connectivity index (χ1n) is 8.55. The Morgan fingerprint density at radius 2 is 1.92 bits per heavy atom. The molecule has 6 heteroatoms. The SMILES string of the molecule is C[C@H]1Sc2ccc(C(=O)NCc3ccccc3CN(C)C)cc2NC1=O. The average molecular weight is 369 g/mol. The van der Waals surface area contributed by atoms with Crippen molar-refractivity contribution in [1.29, 1.82) is 0 Å². The molecule has 0 spiro atoms. The lowest BCUT2D eigenvalue weighted by molar-refractivity contribution is -0.115.